The molecule has 0 saturated carbocycles. The SMILES string of the molecule is CN(C)CCCNc1cc(N)c(C(=O)O)cn1. The van der Waals surface area contributed by atoms with Crippen LogP contribution in [0.1, 0.15) is 16.8 Å². The van der Waals surface area contributed by atoms with Gasteiger partial charge in [-0.3, -0.25) is 0 Å². The monoisotopic (exact) mass is 238 g/mol. The number of carboxylic acids is 1. The largest absolute Gasteiger partial charge is 0.478 e. The second-order valence-electron chi connectivity index (χ2n) is 4.05. The van der Waals surface area contributed by atoms with Crippen molar-refractivity contribution in [2.24, 2.45) is 0 Å². The number of nitrogens with one attached hydrogen (secondary N) is 1. The Morgan fingerprint density at radius 3 is 2.82 bits per heavy atom. The van der Waals surface area contributed by atoms with Gasteiger partial charge in [-0.1, -0.05) is 0 Å². The summed E-state index contributed by atoms with van der Waals surface area (Å²) in [7, 11) is 4.02. The van der Waals surface area contributed by atoms with Gasteiger partial charge in [-0.15, -0.1) is 0 Å². The quantitative estimate of drug-likeness (QED) is 0.633. The predicted octanol–water partition coefficient (Wildman–Crippen LogP) is 0.726. The van der Waals surface area contributed by atoms with E-state index in [-0.39, 0.29) is 11.3 Å². The lowest BCUT2D eigenvalue weighted by Crippen LogP contribution is -2.16. The summed E-state index contributed by atoms with van der Waals surface area (Å²) in [5.74, 6) is -0.458. The molecule has 17 heavy (non-hydrogen) atoms. The van der Waals surface area contributed by atoms with E-state index < -0.39 is 5.97 Å². The lowest BCUT2D eigenvalue weighted by atomic mass is 10.2. The van der Waals surface area contributed by atoms with Crippen LogP contribution in [0, 0.1) is 0 Å². The van der Waals surface area contributed by atoms with Gasteiger partial charge in [-0.2, -0.15) is 0 Å². The highest BCUT2D eigenvalue weighted by molar-refractivity contribution is 5.93. The van der Waals surface area contributed by atoms with Gasteiger partial charge in [0.05, 0.1) is 5.69 Å². The maximum Gasteiger partial charge on any atom is 0.339 e. The third-order valence-electron chi connectivity index (χ3n) is 2.25. The van der Waals surface area contributed by atoms with Crippen molar-refractivity contribution in [2.45, 2.75) is 6.42 Å². The third-order valence-corrected chi connectivity index (χ3v) is 2.25. The van der Waals surface area contributed by atoms with Crippen LogP contribution in [0.15, 0.2) is 12.3 Å². The Balaban J connectivity index is 2.50. The van der Waals surface area contributed by atoms with Crippen LogP contribution in [0.5, 0.6) is 0 Å². The smallest absolute Gasteiger partial charge is 0.339 e. The van der Waals surface area contributed by atoms with Crippen molar-refractivity contribution < 1.29 is 9.90 Å². The van der Waals surface area contributed by atoms with Gasteiger partial charge < -0.3 is 21.1 Å². The topological polar surface area (TPSA) is 91.5 Å². The molecule has 6 nitrogen and oxygen atoms in total. The molecule has 0 fully saturated rings. The molecule has 1 aromatic heterocycles. The summed E-state index contributed by atoms with van der Waals surface area (Å²) in [4.78, 5) is 16.8. The molecule has 1 heterocycles. The second-order valence-corrected chi connectivity index (χ2v) is 4.05. The van der Waals surface area contributed by atoms with Crippen molar-refractivity contribution in [2.75, 3.05) is 38.2 Å². The van der Waals surface area contributed by atoms with Gasteiger partial charge in [0.25, 0.3) is 0 Å². The van der Waals surface area contributed by atoms with Crippen molar-refractivity contribution in [1.29, 1.82) is 0 Å². The van der Waals surface area contributed by atoms with Crippen molar-refractivity contribution in [3.8, 4) is 0 Å². The van der Waals surface area contributed by atoms with Crippen molar-refractivity contribution in [1.82, 2.24) is 9.88 Å². The Morgan fingerprint density at radius 2 is 2.29 bits per heavy atom. The first-order valence-electron chi connectivity index (χ1n) is 5.38. The highest BCUT2D eigenvalue weighted by Gasteiger charge is 2.08. The van der Waals surface area contributed by atoms with Crippen molar-refractivity contribution in [3.05, 3.63) is 17.8 Å². The number of aromatic nitrogens is 1. The average Bonchev–Trinajstić information content (AvgIpc) is 2.23. The average molecular weight is 238 g/mol. The summed E-state index contributed by atoms with van der Waals surface area (Å²) in [5, 5.41) is 11.9. The Labute approximate surface area is 100 Å². The van der Waals surface area contributed by atoms with Gasteiger partial charge in [0.2, 0.25) is 0 Å². The zero-order chi connectivity index (χ0) is 12.8. The van der Waals surface area contributed by atoms with Gasteiger partial charge in [-0.05, 0) is 27.1 Å². The molecule has 0 saturated heterocycles. The molecule has 0 bridgehead atoms. The highest BCUT2D eigenvalue weighted by Crippen LogP contribution is 2.14. The summed E-state index contributed by atoms with van der Waals surface area (Å²) in [6.07, 6.45) is 2.25. The van der Waals surface area contributed by atoms with Crippen LogP contribution < -0.4 is 11.1 Å². The number of rotatable bonds is 6. The molecular weight excluding hydrogens is 220 g/mol. The van der Waals surface area contributed by atoms with Gasteiger partial charge in [-0.25, -0.2) is 9.78 Å². The Morgan fingerprint density at radius 1 is 1.59 bits per heavy atom. The van der Waals surface area contributed by atoms with E-state index in [1.54, 1.807) is 6.07 Å². The summed E-state index contributed by atoms with van der Waals surface area (Å²) in [6.45, 7) is 1.76. The van der Waals surface area contributed by atoms with Crippen LogP contribution in [0.4, 0.5) is 11.5 Å². The molecule has 94 valence electrons. The molecule has 0 radical (unpaired) electrons. The summed E-state index contributed by atoms with van der Waals surface area (Å²) in [6, 6.07) is 1.54. The fourth-order valence-electron chi connectivity index (χ4n) is 1.36. The number of pyridine rings is 1. The Bertz CT molecular complexity index is 393. The summed E-state index contributed by atoms with van der Waals surface area (Å²) < 4.78 is 0. The van der Waals surface area contributed by atoms with Gasteiger partial charge in [0.1, 0.15) is 11.4 Å². The van der Waals surface area contributed by atoms with Crippen LogP contribution in [-0.2, 0) is 0 Å². The molecule has 6 heteroatoms. The molecule has 0 aliphatic carbocycles. The number of hydrogen-bond acceptors (Lipinski definition) is 5. The maximum atomic E-state index is 10.7. The normalized spacial score (nSPS) is 10.5. The summed E-state index contributed by atoms with van der Waals surface area (Å²) >= 11 is 0. The molecular formula is C11H18N4O2. The van der Waals surface area contributed by atoms with E-state index in [2.05, 4.69) is 15.2 Å². The number of carbonyl (C=O) groups is 1. The second kappa shape index (κ2) is 6.05. The van der Waals surface area contributed by atoms with Crippen LogP contribution >= 0.6 is 0 Å². The van der Waals surface area contributed by atoms with E-state index in [1.807, 2.05) is 14.1 Å². The molecule has 0 unspecified atom stereocenters. The lowest BCUT2D eigenvalue weighted by molar-refractivity contribution is 0.0697. The van der Waals surface area contributed by atoms with Crippen LogP contribution in [0.25, 0.3) is 0 Å². The van der Waals surface area contributed by atoms with E-state index in [0.717, 1.165) is 19.5 Å². The van der Waals surface area contributed by atoms with Crippen LogP contribution in [-0.4, -0.2) is 48.1 Å². The standard InChI is InChI=1S/C11H18N4O2/c1-15(2)5-3-4-13-10-6-9(12)8(7-14-10)11(16)17/h6-7H,3-5H2,1-2H3,(H,16,17)(H3,12,13,14). The molecule has 1 rings (SSSR count). The molecule has 0 atom stereocenters. The minimum absolute atomic E-state index is 0.0313. The number of nitrogens with two attached hydrogens (primary N) is 1. The molecule has 0 amide bonds. The van der Waals surface area contributed by atoms with Crippen LogP contribution in [0.2, 0.25) is 0 Å². The predicted molar refractivity (Wildman–Crippen MR) is 67.3 cm³/mol. The number of nitrogens with zero attached hydrogens (tertiary/aromatic N) is 2. The molecule has 4 N–H and O–H groups in total. The van der Waals surface area contributed by atoms with E-state index >= 15 is 0 Å². The third kappa shape index (κ3) is 4.28. The molecule has 0 aliphatic heterocycles. The minimum atomic E-state index is -1.06. The molecule has 1 aromatic rings. The fourth-order valence-corrected chi connectivity index (χ4v) is 1.36. The summed E-state index contributed by atoms with van der Waals surface area (Å²) in [5.41, 5.74) is 5.86. The zero-order valence-electron chi connectivity index (χ0n) is 10.1. The van der Waals surface area contributed by atoms with Gasteiger partial charge >= 0.3 is 5.97 Å². The van der Waals surface area contributed by atoms with Gasteiger partial charge in [0.15, 0.2) is 0 Å². The zero-order valence-corrected chi connectivity index (χ0v) is 10.1. The van der Waals surface area contributed by atoms with Crippen LogP contribution in [0.3, 0.4) is 0 Å². The lowest BCUT2D eigenvalue weighted by Gasteiger charge is -2.10. The minimum Gasteiger partial charge on any atom is -0.478 e. The van der Waals surface area contributed by atoms with E-state index in [9.17, 15) is 4.79 Å². The van der Waals surface area contributed by atoms with Gasteiger partial charge in [0, 0.05) is 18.8 Å². The fraction of sp³-hybridized carbons (Fsp3) is 0.455. The molecule has 0 spiro atoms. The Kier molecular flexibility index (Phi) is 4.71. The number of hydrogen-bond donors (Lipinski definition) is 3. The van der Waals surface area contributed by atoms with E-state index in [4.69, 9.17) is 10.8 Å². The van der Waals surface area contributed by atoms with E-state index in [1.165, 1.54) is 6.20 Å². The molecule has 0 aromatic carbocycles. The maximum absolute atomic E-state index is 10.7. The van der Waals surface area contributed by atoms with Crippen molar-refractivity contribution in [3.63, 3.8) is 0 Å². The number of anilines is 2. The van der Waals surface area contributed by atoms with Crippen molar-refractivity contribution >= 4 is 17.5 Å². The molecule has 0 aliphatic rings. The number of aromatic carboxylic acids is 1. The first kappa shape index (κ1) is 13.2. The number of carboxylic acid groups (broad SMARTS) is 1. The first-order chi connectivity index (χ1) is 8.00. The highest BCUT2D eigenvalue weighted by atomic mass is 16.4. The van der Waals surface area contributed by atoms with E-state index in [0.29, 0.717) is 5.82 Å². The Hall–Kier alpha value is -1.82. The number of nitrogen functional groups attached to an aromatic ring is 1. The first-order valence-corrected chi connectivity index (χ1v) is 5.38.